The van der Waals surface area contributed by atoms with E-state index in [4.69, 9.17) is 0 Å². The first-order chi connectivity index (χ1) is 11.7. The van der Waals surface area contributed by atoms with Gasteiger partial charge in [-0.2, -0.15) is 13.2 Å². The van der Waals surface area contributed by atoms with Gasteiger partial charge in [-0.1, -0.05) is 25.2 Å². The summed E-state index contributed by atoms with van der Waals surface area (Å²) < 4.78 is 61.0. The van der Waals surface area contributed by atoms with Crippen LogP contribution in [-0.4, -0.2) is 44.0 Å². The number of benzene rings is 1. The summed E-state index contributed by atoms with van der Waals surface area (Å²) in [6.07, 6.45) is -1.77. The van der Waals surface area contributed by atoms with Crippen molar-refractivity contribution in [2.75, 3.05) is 24.6 Å². The van der Waals surface area contributed by atoms with Crippen molar-refractivity contribution in [3.63, 3.8) is 0 Å². The van der Waals surface area contributed by atoms with Crippen LogP contribution in [-0.2, 0) is 16.0 Å². The molecule has 1 aliphatic heterocycles. The van der Waals surface area contributed by atoms with Crippen LogP contribution >= 0.6 is 0 Å². The highest BCUT2D eigenvalue weighted by Crippen LogP contribution is 2.28. The van der Waals surface area contributed by atoms with Crippen LogP contribution in [0.2, 0.25) is 0 Å². The highest BCUT2D eigenvalue weighted by atomic mass is 32.2. The third kappa shape index (κ3) is 6.05. The Hall–Kier alpha value is -1.52. The summed E-state index contributed by atoms with van der Waals surface area (Å²) in [7, 11) is -2.96. The Bertz CT molecular complexity index is 730. The molecule has 138 valence electrons. The first-order valence-electron chi connectivity index (χ1n) is 8.32. The maximum Gasteiger partial charge on any atom is 0.416 e. The van der Waals surface area contributed by atoms with Crippen LogP contribution in [0.4, 0.5) is 13.2 Å². The molecule has 1 saturated heterocycles. The lowest BCUT2D eigenvalue weighted by Crippen LogP contribution is -2.37. The average Bonchev–Trinajstić information content (AvgIpc) is 2.90. The second kappa shape index (κ2) is 8.24. The van der Waals surface area contributed by atoms with Crippen molar-refractivity contribution in [3.05, 3.63) is 35.4 Å². The van der Waals surface area contributed by atoms with Crippen LogP contribution in [0.15, 0.2) is 24.3 Å². The molecule has 7 heteroatoms. The van der Waals surface area contributed by atoms with Crippen molar-refractivity contribution >= 4 is 9.84 Å². The van der Waals surface area contributed by atoms with Gasteiger partial charge in [0.15, 0.2) is 9.84 Å². The van der Waals surface area contributed by atoms with Gasteiger partial charge in [0.05, 0.1) is 23.6 Å². The lowest BCUT2D eigenvalue weighted by Gasteiger charge is -2.25. The van der Waals surface area contributed by atoms with E-state index < -0.39 is 21.6 Å². The van der Waals surface area contributed by atoms with Gasteiger partial charge in [-0.3, -0.25) is 4.90 Å². The van der Waals surface area contributed by atoms with Crippen molar-refractivity contribution in [3.8, 4) is 11.8 Å². The fraction of sp³-hybridized carbons (Fsp3) is 0.556. The molecule has 1 aliphatic rings. The van der Waals surface area contributed by atoms with Crippen LogP contribution in [0.5, 0.6) is 0 Å². The van der Waals surface area contributed by atoms with Crippen LogP contribution in [0.3, 0.4) is 0 Å². The van der Waals surface area contributed by atoms with Gasteiger partial charge >= 0.3 is 6.18 Å². The second-order valence-electron chi connectivity index (χ2n) is 6.26. The molecule has 25 heavy (non-hydrogen) atoms. The van der Waals surface area contributed by atoms with Crippen LogP contribution in [0.25, 0.3) is 0 Å². The van der Waals surface area contributed by atoms with Crippen molar-refractivity contribution in [1.29, 1.82) is 0 Å². The normalized spacial score (nSPS) is 19.6. The molecule has 1 heterocycles. The molecule has 0 aliphatic carbocycles. The van der Waals surface area contributed by atoms with Gasteiger partial charge in [-0.15, -0.1) is 0 Å². The highest BCUT2D eigenvalue weighted by molar-refractivity contribution is 7.91. The molecule has 1 aromatic rings. The Morgan fingerprint density at radius 2 is 1.92 bits per heavy atom. The number of hydrogen-bond donors (Lipinski definition) is 0. The second-order valence-corrected chi connectivity index (χ2v) is 8.49. The summed E-state index contributed by atoms with van der Waals surface area (Å²) in [5.41, 5.74) is -0.179. The van der Waals surface area contributed by atoms with E-state index in [9.17, 15) is 21.6 Å². The molecule has 0 unspecified atom stereocenters. The smallest absolute Gasteiger partial charge is 0.288 e. The summed E-state index contributed by atoms with van der Waals surface area (Å²) in [5.74, 6) is 6.22. The number of unbranched alkanes of at least 4 members (excludes halogenated alkanes) is 1. The molecular weight excluding hydrogens is 351 g/mol. The molecule has 0 N–H and O–H groups in total. The molecule has 0 radical (unpaired) electrons. The van der Waals surface area contributed by atoms with Crippen molar-refractivity contribution in [1.82, 2.24) is 4.90 Å². The zero-order valence-electron chi connectivity index (χ0n) is 14.1. The fourth-order valence-electron chi connectivity index (χ4n) is 2.80. The maximum atomic E-state index is 12.5. The van der Waals surface area contributed by atoms with E-state index in [2.05, 4.69) is 23.7 Å². The summed E-state index contributed by atoms with van der Waals surface area (Å²) in [4.78, 5) is 2.07. The van der Waals surface area contributed by atoms with Crippen molar-refractivity contribution in [2.45, 2.75) is 38.4 Å². The molecule has 0 saturated carbocycles. The monoisotopic (exact) mass is 373 g/mol. The average molecular weight is 373 g/mol. The molecule has 0 amide bonds. The van der Waals surface area contributed by atoms with Crippen molar-refractivity contribution in [2.24, 2.45) is 0 Å². The van der Waals surface area contributed by atoms with E-state index in [1.807, 2.05) is 0 Å². The van der Waals surface area contributed by atoms with Gasteiger partial charge in [-0.05, 0) is 43.7 Å². The molecule has 0 aromatic heterocycles. The molecule has 1 fully saturated rings. The predicted molar refractivity (Wildman–Crippen MR) is 91.9 cm³/mol. The van der Waals surface area contributed by atoms with Crippen LogP contribution < -0.4 is 0 Å². The van der Waals surface area contributed by atoms with Gasteiger partial charge < -0.3 is 0 Å². The molecule has 0 spiro atoms. The zero-order chi connectivity index (χ0) is 18.5. The largest absolute Gasteiger partial charge is 0.416 e. The maximum absolute atomic E-state index is 12.5. The van der Waals surface area contributed by atoms with E-state index in [0.29, 0.717) is 18.5 Å². The highest BCUT2D eigenvalue weighted by Gasteiger charge is 2.31. The lowest BCUT2D eigenvalue weighted by molar-refractivity contribution is -0.137. The van der Waals surface area contributed by atoms with E-state index in [1.165, 1.54) is 12.1 Å². The lowest BCUT2D eigenvalue weighted by atomic mass is 10.1. The molecule has 2 rings (SSSR count). The molecule has 0 bridgehead atoms. The summed E-state index contributed by atoms with van der Waals surface area (Å²) in [6.45, 7) is 3.26. The third-order valence-electron chi connectivity index (χ3n) is 4.25. The molecule has 3 nitrogen and oxygen atoms in total. The van der Waals surface area contributed by atoms with Gasteiger partial charge in [0.2, 0.25) is 0 Å². The van der Waals surface area contributed by atoms with Gasteiger partial charge in [0, 0.05) is 11.6 Å². The Morgan fingerprint density at radius 1 is 1.24 bits per heavy atom. The first kappa shape index (κ1) is 19.8. The quantitative estimate of drug-likeness (QED) is 0.743. The minimum atomic E-state index is -4.35. The van der Waals surface area contributed by atoms with Crippen molar-refractivity contribution < 1.29 is 21.6 Å². The van der Waals surface area contributed by atoms with Gasteiger partial charge in [0.1, 0.15) is 0 Å². The van der Waals surface area contributed by atoms with E-state index in [-0.39, 0.29) is 17.5 Å². The molecule has 1 aromatic carbocycles. The van der Waals surface area contributed by atoms with Crippen LogP contribution in [0.1, 0.15) is 37.3 Å². The number of halogens is 3. The fourth-order valence-corrected chi connectivity index (χ4v) is 4.56. The Morgan fingerprint density at radius 3 is 2.44 bits per heavy atom. The molecule has 1 atom stereocenters. The van der Waals surface area contributed by atoms with Gasteiger partial charge in [0.25, 0.3) is 0 Å². The number of rotatable bonds is 5. The first-order valence-corrected chi connectivity index (χ1v) is 10.1. The molecular formula is C18H22F3NO2S. The standard InChI is InChI=1S/C18H22F3NO2S/c1-2-3-11-22(17-10-13-25(23,24)14-17)12-4-5-15-6-8-16(9-7-15)18(19,20)21/h6-9,17H,2-3,10-14H2,1H3/t17-/m1/s1. The summed E-state index contributed by atoms with van der Waals surface area (Å²) in [6, 6.07) is 4.72. The van der Waals surface area contributed by atoms with Crippen LogP contribution in [0, 0.1) is 11.8 Å². The third-order valence-corrected chi connectivity index (χ3v) is 6.00. The number of hydrogen-bond acceptors (Lipinski definition) is 3. The minimum absolute atomic E-state index is 0.0153. The summed E-state index contributed by atoms with van der Waals surface area (Å²) in [5, 5.41) is 0. The van der Waals surface area contributed by atoms with E-state index >= 15 is 0 Å². The Kier molecular flexibility index (Phi) is 6.53. The number of nitrogens with zero attached hydrogens (tertiary/aromatic N) is 1. The summed E-state index contributed by atoms with van der Waals surface area (Å²) >= 11 is 0. The minimum Gasteiger partial charge on any atom is -0.288 e. The predicted octanol–water partition coefficient (Wildman–Crippen LogP) is 3.35. The number of alkyl halides is 3. The Labute approximate surface area is 147 Å². The Balaban J connectivity index is 2.02. The zero-order valence-corrected chi connectivity index (χ0v) is 15.0. The SMILES string of the molecule is CCCCN(CC#Cc1ccc(C(F)(F)F)cc1)[C@@H]1CCS(=O)(=O)C1. The van der Waals surface area contributed by atoms with E-state index in [0.717, 1.165) is 31.5 Å². The number of sulfone groups is 1. The van der Waals surface area contributed by atoms with Gasteiger partial charge in [-0.25, -0.2) is 8.42 Å². The van der Waals surface area contributed by atoms with E-state index in [1.54, 1.807) is 0 Å². The topological polar surface area (TPSA) is 37.4 Å².